The molecule has 0 fully saturated rings. The second-order valence-corrected chi connectivity index (χ2v) is 9.98. The van der Waals surface area contributed by atoms with Crippen molar-refractivity contribution in [2.24, 2.45) is 0 Å². The molecule has 12 heteroatoms. The monoisotopic (exact) mass is 591 g/mol. The Hall–Kier alpha value is -3.35. The Morgan fingerprint density at radius 1 is 0.881 bits per heavy atom. The van der Waals surface area contributed by atoms with Gasteiger partial charge in [0, 0.05) is 32.2 Å². The van der Waals surface area contributed by atoms with Gasteiger partial charge in [-0.3, -0.25) is 34.2 Å². The number of benzene rings is 1. The summed E-state index contributed by atoms with van der Waals surface area (Å²) in [5.74, 6) is -1.79. The van der Waals surface area contributed by atoms with Crippen LogP contribution in [0.25, 0.3) is 0 Å². The van der Waals surface area contributed by atoms with E-state index in [9.17, 15) is 24.0 Å². The van der Waals surface area contributed by atoms with Crippen LogP contribution in [-0.4, -0.2) is 93.8 Å². The van der Waals surface area contributed by atoms with Gasteiger partial charge < -0.3 is 24.3 Å². The number of rotatable bonds is 24. The Labute approximate surface area is 247 Å². The van der Waals surface area contributed by atoms with E-state index in [1.54, 1.807) is 13.0 Å². The minimum atomic E-state index is -0.580. The van der Waals surface area contributed by atoms with E-state index in [-0.39, 0.29) is 48.6 Å². The van der Waals surface area contributed by atoms with Gasteiger partial charge in [-0.15, -0.1) is 0 Å². The molecule has 0 aromatic heterocycles. The van der Waals surface area contributed by atoms with E-state index >= 15 is 0 Å². The third-order valence-corrected chi connectivity index (χ3v) is 6.64. The Morgan fingerprint density at radius 2 is 1.55 bits per heavy atom. The van der Waals surface area contributed by atoms with Crippen LogP contribution in [0.15, 0.2) is 18.2 Å². The van der Waals surface area contributed by atoms with Crippen LogP contribution in [0, 0.1) is 0 Å². The topological polar surface area (TPSA) is 150 Å². The lowest BCUT2D eigenvalue weighted by Gasteiger charge is -2.22. The van der Waals surface area contributed by atoms with Gasteiger partial charge >= 0.3 is 0 Å². The van der Waals surface area contributed by atoms with Gasteiger partial charge in [-0.05, 0) is 38.3 Å². The lowest BCUT2D eigenvalue weighted by Crippen LogP contribution is -2.38. The van der Waals surface area contributed by atoms with Crippen molar-refractivity contribution in [2.45, 2.75) is 71.3 Å². The summed E-state index contributed by atoms with van der Waals surface area (Å²) in [6.45, 7) is 7.21. The quantitative estimate of drug-likeness (QED) is 0.105. The molecule has 0 aliphatic carbocycles. The van der Waals surface area contributed by atoms with Gasteiger partial charge in [0.1, 0.15) is 5.75 Å². The molecule has 0 saturated carbocycles. The van der Waals surface area contributed by atoms with E-state index < -0.39 is 23.8 Å². The summed E-state index contributed by atoms with van der Waals surface area (Å²) in [7, 11) is 0. The Morgan fingerprint density at radius 3 is 2.24 bits per heavy atom. The van der Waals surface area contributed by atoms with Crippen LogP contribution >= 0.6 is 0 Å². The summed E-state index contributed by atoms with van der Waals surface area (Å²) in [5, 5.41) is 4.76. The van der Waals surface area contributed by atoms with E-state index in [0.717, 1.165) is 17.9 Å². The van der Waals surface area contributed by atoms with Crippen LogP contribution in [0.5, 0.6) is 5.75 Å². The number of nitrogens with one attached hydrogen (secondary N) is 2. The molecule has 1 aromatic carbocycles. The molecule has 234 valence electrons. The first-order valence-electron chi connectivity index (χ1n) is 14.8. The lowest BCUT2D eigenvalue weighted by molar-refractivity contribution is -0.125. The Bertz CT molecular complexity index is 1020. The van der Waals surface area contributed by atoms with Gasteiger partial charge in [-0.2, -0.15) is 0 Å². The molecule has 1 aromatic rings. The number of hydrogen-bond acceptors (Lipinski definition) is 9. The molecule has 5 amide bonds. The summed E-state index contributed by atoms with van der Waals surface area (Å²) in [6.07, 6.45) is 7.15. The zero-order valence-corrected chi connectivity index (χ0v) is 24.8. The molecule has 1 aliphatic rings. The number of carbonyl (C=O) groups excluding carboxylic acids is 5. The second kappa shape index (κ2) is 20.5. The summed E-state index contributed by atoms with van der Waals surface area (Å²) in [4.78, 5) is 61.2. The molecule has 1 aliphatic heterocycles. The van der Waals surface area contributed by atoms with E-state index in [1.165, 1.54) is 37.8 Å². The second-order valence-electron chi connectivity index (χ2n) is 9.98. The molecule has 42 heavy (non-hydrogen) atoms. The fraction of sp³-hybridized carbons (Fsp3) is 0.633. The number of carbonyl (C=O) groups is 5. The van der Waals surface area contributed by atoms with Crippen molar-refractivity contribution in [1.29, 1.82) is 0 Å². The molecule has 0 spiro atoms. The van der Waals surface area contributed by atoms with Crippen molar-refractivity contribution in [3.05, 3.63) is 29.3 Å². The number of amides is 5. The largest absolute Gasteiger partial charge is 0.483 e. The fourth-order valence-electron chi connectivity index (χ4n) is 4.35. The first-order valence-corrected chi connectivity index (χ1v) is 14.8. The highest BCUT2D eigenvalue weighted by Gasteiger charge is 2.40. The number of hydrogen-bond donors (Lipinski definition) is 2. The van der Waals surface area contributed by atoms with Crippen LogP contribution in [0.3, 0.4) is 0 Å². The van der Waals surface area contributed by atoms with Gasteiger partial charge in [0.2, 0.25) is 12.3 Å². The van der Waals surface area contributed by atoms with Crippen LogP contribution in [0.2, 0.25) is 0 Å². The van der Waals surface area contributed by atoms with Crippen molar-refractivity contribution in [3.63, 3.8) is 0 Å². The van der Waals surface area contributed by atoms with Gasteiger partial charge in [0.05, 0.1) is 37.6 Å². The predicted octanol–water partition coefficient (Wildman–Crippen LogP) is 2.63. The van der Waals surface area contributed by atoms with Crippen molar-refractivity contribution in [3.8, 4) is 5.75 Å². The fourth-order valence-corrected chi connectivity index (χ4v) is 4.35. The van der Waals surface area contributed by atoms with E-state index in [2.05, 4.69) is 12.2 Å². The smallest absolute Gasteiger partial charge is 0.265 e. The third-order valence-electron chi connectivity index (χ3n) is 6.64. The molecular formula is C30H45N3O9. The van der Waals surface area contributed by atoms with Gasteiger partial charge in [0.15, 0.2) is 6.61 Å². The minimum absolute atomic E-state index is 0.0234. The maximum Gasteiger partial charge on any atom is 0.265 e. The van der Waals surface area contributed by atoms with E-state index in [1.807, 2.05) is 5.32 Å². The van der Waals surface area contributed by atoms with Crippen molar-refractivity contribution < 1.29 is 42.9 Å². The van der Waals surface area contributed by atoms with Crippen LogP contribution in [-0.2, 0) is 28.6 Å². The van der Waals surface area contributed by atoms with Gasteiger partial charge in [-0.25, -0.2) is 0 Å². The highest BCUT2D eigenvalue weighted by Crippen LogP contribution is 2.32. The Kier molecular flexibility index (Phi) is 17.0. The third kappa shape index (κ3) is 12.3. The summed E-state index contributed by atoms with van der Waals surface area (Å²) >= 11 is 0. The minimum Gasteiger partial charge on any atom is -0.483 e. The molecule has 0 saturated heterocycles. The summed E-state index contributed by atoms with van der Waals surface area (Å²) < 4.78 is 22.1. The number of unbranched alkanes of at least 4 members (excludes halogenated alkanes) is 4. The maximum atomic E-state index is 13.1. The molecule has 1 atom stereocenters. The molecular weight excluding hydrogens is 546 g/mol. The van der Waals surface area contributed by atoms with Crippen molar-refractivity contribution >= 4 is 30.0 Å². The highest BCUT2D eigenvalue weighted by atomic mass is 16.5. The zero-order chi connectivity index (χ0) is 30.6. The zero-order valence-electron chi connectivity index (χ0n) is 24.8. The average Bonchev–Trinajstić information content (AvgIpc) is 3.24. The predicted molar refractivity (Wildman–Crippen MR) is 154 cm³/mol. The molecule has 0 radical (unpaired) electrons. The van der Waals surface area contributed by atoms with Gasteiger partial charge in [-0.1, -0.05) is 38.7 Å². The maximum absolute atomic E-state index is 13.1. The molecule has 0 bridgehead atoms. The highest BCUT2D eigenvalue weighted by molar-refractivity contribution is 6.22. The Balaban J connectivity index is 1.58. The molecule has 1 heterocycles. The van der Waals surface area contributed by atoms with Crippen LogP contribution in [0.1, 0.15) is 85.9 Å². The number of imide groups is 2. The standard InChI is InChI=1S/C30H45N3O9/c1-3-4-5-6-7-15-39-17-19-41-20-18-40-16-9-14-31-27(36)21-42-25-11-8-10-24-28(25)30(38)33(29(24)37)23(2)12-13-26(35)32-22-34/h8,10-11,22-23H,3-7,9,12-21H2,1-2H3,(H,31,36)(H,32,34,35). The molecule has 2 rings (SSSR count). The van der Waals surface area contributed by atoms with E-state index in [0.29, 0.717) is 46.0 Å². The first kappa shape index (κ1) is 34.8. The SMILES string of the molecule is CCCCCCCOCCOCCOCCCNC(=O)COc1cccc2c1C(=O)N(C(C)CCC(=O)NC=O)C2=O. The normalized spacial score (nSPS) is 13.1. The number of nitrogens with zero attached hydrogens (tertiary/aromatic N) is 1. The van der Waals surface area contributed by atoms with Gasteiger partial charge in [0.25, 0.3) is 17.7 Å². The van der Waals surface area contributed by atoms with E-state index in [4.69, 9.17) is 18.9 Å². The van der Waals surface area contributed by atoms with Crippen LogP contribution < -0.4 is 15.4 Å². The van der Waals surface area contributed by atoms with Crippen molar-refractivity contribution in [2.75, 3.05) is 52.8 Å². The lowest BCUT2D eigenvalue weighted by atomic mass is 10.1. The number of ether oxygens (including phenoxy) is 4. The van der Waals surface area contributed by atoms with Crippen LogP contribution in [0.4, 0.5) is 0 Å². The first-order chi connectivity index (χ1) is 20.4. The molecule has 2 N–H and O–H groups in total. The number of fused-ring (bicyclic) bond motifs is 1. The summed E-state index contributed by atoms with van der Waals surface area (Å²) in [5.41, 5.74) is 0.262. The summed E-state index contributed by atoms with van der Waals surface area (Å²) in [6, 6.07) is 4.04. The average molecular weight is 592 g/mol. The molecule has 1 unspecified atom stereocenters. The molecule has 12 nitrogen and oxygen atoms in total. The van der Waals surface area contributed by atoms with Crippen molar-refractivity contribution in [1.82, 2.24) is 15.5 Å².